The first-order valence-corrected chi connectivity index (χ1v) is 8.90. The van der Waals surface area contributed by atoms with Crippen LogP contribution in [0.2, 0.25) is 0 Å². The second-order valence-electron chi connectivity index (χ2n) is 7.25. The molecule has 2 saturated carbocycles. The van der Waals surface area contributed by atoms with Crippen molar-refractivity contribution in [1.29, 1.82) is 0 Å². The van der Waals surface area contributed by atoms with Crippen molar-refractivity contribution in [3.63, 3.8) is 0 Å². The third-order valence-corrected chi connectivity index (χ3v) is 6.48. The van der Waals surface area contributed by atoms with Crippen LogP contribution < -0.4 is 9.80 Å². The molecular formula is C19H28N2. The van der Waals surface area contributed by atoms with Crippen molar-refractivity contribution < 1.29 is 0 Å². The van der Waals surface area contributed by atoms with Gasteiger partial charge in [-0.15, -0.1) is 0 Å². The van der Waals surface area contributed by atoms with Crippen LogP contribution in [0.25, 0.3) is 0 Å². The zero-order valence-corrected chi connectivity index (χ0v) is 13.5. The highest BCUT2D eigenvalue weighted by Gasteiger charge is 2.51. The van der Waals surface area contributed by atoms with Gasteiger partial charge in [-0.2, -0.15) is 0 Å². The summed E-state index contributed by atoms with van der Waals surface area (Å²) in [5, 5.41) is 0. The van der Waals surface area contributed by atoms with Crippen molar-refractivity contribution in [3.05, 3.63) is 24.3 Å². The Kier molecular flexibility index (Phi) is 3.35. The predicted octanol–water partition coefficient (Wildman–Crippen LogP) is 4.02. The van der Waals surface area contributed by atoms with Crippen LogP contribution >= 0.6 is 0 Å². The Morgan fingerprint density at radius 1 is 0.952 bits per heavy atom. The molecule has 3 aliphatic rings. The van der Waals surface area contributed by atoms with Gasteiger partial charge in [0.25, 0.3) is 0 Å². The van der Waals surface area contributed by atoms with Gasteiger partial charge in [0, 0.05) is 37.6 Å². The fourth-order valence-electron chi connectivity index (χ4n) is 5.36. The molecule has 1 heterocycles. The molecule has 1 aliphatic heterocycles. The molecule has 1 aromatic carbocycles. The molecule has 0 aromatic heterocycles. The minimum Gasteiger partial charge on any atom is -0.372 e. The molecule has 0 amide bonds. The molecule has 2 nitrogen and oxygen atoms in total. The summed E-state index contributed by atoms with van der Waals surface area (Å²) in [4.78, 5) is 5.08. The summed E-state index contributed by atoms with van der Waals surface area (Å²) in [5.41, 5.74) is 2.81. The van der Waals surface area contributed by atoms with Crippen molar-refractivity contribution in [2.75, 3.05) is 36.0 Å². The minimum atomic E-state index is 1.01. The first kappa shape index (κ1) is 13.5. The zero-order chi connectivity index (χ0) is 14.4. The molecule has 2 heteroatoms. The van der Waals surface area contributed by atoms with E-state index < -0.39 is 0 Å². The zero-order valence-electron chi connectivity index (χ0n) is 13.5. The second-order valence-corrected chi connectivity index (χ2v) is 7.25. The van der Waals surface area contributed by atoms with Crippen LogP contribution in [-0.4, -0.2) is 26.2 Å². The first-order valence-electron chi connectivity index (χ1n) is 8.90. The normalized spacial score (nSPS) is 33.5. The van der Waals surface area contributed by atoms with Crippen LogP contribution in [0.5, 0.6) is 0 Å². The van der Waals surface area contributed by atoms with Crippen LogP contribution in [0.3, 0.4) is 0 Å². The fourth-order valence-corrected chi connectivity index (χ4v) is 5.36. The van der Waals surface area contributed by atoms with Crippen LogP contribution in [-0.2, 0) is 0 Å². The van der Waals surface area contributed by atoms with Crippen molar-refractivity contribution in [2.45, 2.75) is 33.1 Å². The number of benzene rings is 1. The average Bonchev–Trinajstić information content (AvgIpc) is 3.22. The molecule has 2 aliphatic carbocycles. The molecule has 4 atom stereocenters. The Morgan fingerprint density at radius 3 is 2.05 bits per heavy atom. The molecule has 21 heavy (non-hydrogen) atoms. The third-order valence-electron chi connectivity index (χ3n) is 6.48. The maximum absolute atomic E-state index is 2.66. The summed E-state index contributed by atoms with van der Waals surface area (Å²) in [5.74, 6) is 4.12. The van der Waals surface area contributed by atoms with E-state index >= 15 is 0 Å². The van der Waals surface area contributed by atoms with Gasteiger partial charge in [-0.25, -0.2) is 0 Å². The van der Waals surface area contributed by atoms with E-state index in [0.29, 0.717) is 0 Å². The van der Waals surface area contributed by atoms with Crippen molar-refractivity contribution in [3.8, 4) is 0 Å². The molecular weight excluding hydrogens is 256 g/mol. The highest BCUT2D eigenvalue weighted by molar-refractivity contribution is 5.57. The van der Waals surface area contributed by atoms with Crippen LogP contribution in [0, 0.1) is 23.7 Å². The van der Waals surface area contributed by atoms with Gasteiger partial charge >= 0.3 is 0 Å². The quantitative estimate of drug-likeness (QED) is 0.824. The van der Waals surface area contributed by atoms with E-state index in [1.807, 2.05) is 0 Å². The Morgan fingerprint density at radius 2 is 1.52 bits per heavy atom. The van der Waals surface area contributed by atoms with Crippen molar-refractivity contribution >= 4 is 11.4 Å². The number of hydrogen-bond donors (Lipinski definition) is 0. The van der Waals surface area contributed by atoms with Gasteiger partial charge in [0.05, 0.1) is 0 Å². The number of rotatable bonds is 4. The van der Waals surface area contributed by atoms with Gasteiger partial charge in [-0.1, -0.05) is 0 Å². The van der Waals surface area contributed by atoms with E-state index in [1.165, 1.54) is 37.3 Å². The topological polar surface area (TPSA) is 6.48 Å². The monoisotopic (exact) mass is 284 g/mol. The lowest BCUT2D eigenvalue weighted by molar-refractivity contribution is 0.281. The molecule has 0 radical (unpaired) electrons. The molecule has 1 saturated heterocycles. The molecule has 1 aromatic rings. The maximum Gasteiger partial charge on any atom is 0.0367 e. The van der Waals surface area contributed by atoms with Crippen LogP contribution in [0.4, 0.5) is 11.4 Å². The summed E-state index contributed by atoms with van der Waals surface area (Å²) in [7, 11) is 0. The average molecular weight is 284 g/mol. The molecule has 114 valence electrons. The Hall–Kier alpha value is -1.18. The van der Waals surface area contributed by atoms with E-state index in [4.69, 9.17) is 0 Å². The van der Waals surface area contributed by atoms with Crippen molar-refractivity contribution in [2.24, 2.45) is 23.7 Å². The van der Waals surface area contributed by atoms with E-state index in [-0.39, 0.29) is 0 Å². The van der Waals surface area contributed by atoms with Crippen LogP contribution in [0.15, 0.2) is 24.3 Å². The van der Waals surface area contributed by atoms with E-state index in [0.717, 1.165) is 36.8 Å². The standard InChI is InChI=1S/C19H28N2/c1-3-20(4-2)16-7-9-17(10-8-16)21-12-18-14-5-6-15(11-14)19(18)13-21/h7-10,14-15,18-19H,3-6,11-13H2,1-2H3. The highest BCUT2D eigenvalue weighted by atomic mass is 15.2. The van der Waals surface area contributed by atoms with Gasteiger partial charge in [0.2, 0.25) is 0 Å². The largest absolute Gasteiger partial charge is 0.372 e. The molecule has 4 unspecified atom stereocenters. The molecule has 2 bridgehead atoms. The van der Waals surface area contributed by atoms with E-state index in [9.17, 15) is 0 Å². The summed E-state index contributed by atoms with van der Waals surface area (Å²) in [6.07, 6.45) is 4.57. The molecule has 0 spiro atoms. The summed E-state index contributed by atoms with van der Waals surface area (Å²) >= 11 is 0. The number of nitrogens with zero attached hydrogens (tertiary/aromatic N) is 2. The number of fused-ring (bicyclic) bond motifs is 5. The lowest BCUT2D eigenvalue weighted by Gasteiger charge is -2.24. The highest BCUT2D eigenvalue weighted by Crippen LogP contribution is 2.55. The van der Waals surface area contributed by atoms with Crippen LogP contribution in [0.1, 0.15) is 33.1 Å². The van der Waals surface area contributed by atoms with Crippen molar-refractivity contribution in [1.82, 2.24) is 0 Å². The lowest BCUT2D eigenvalue weighted by atomic mass is 9.82. The Bertz CT molecular complexity index is 473. The lowest BCUT2D eigenvalue weighted by Crippen LogP contribution is -2.23. The maximum atomic E-state index is 2.66. The van der Waals surface area contributed by atoms with Gasteiger partial charge < -0.3 is 9.80 Å². The fraction of sp³-hybridized carbons (Fsp3) is 0.684. The van der Waals surface area contributed by atoms with E-state index in [1.54, 1.807) is 6.42 Å². The van der Waals surface area contributed by atoms with E-state index in [2.05, 4.69) is 47.9 Å². The molecule has 0 N–H and O–H groups in total. The van der Waals surface area contributed by atoms with Gasteiger partial charge in [-0.05, 0) is 81.0 Å². The smallest absolute Gasteiger partial charge is 0.0367 e. The third kappa shape index (κ3) is 2.15. The Labute approximate surface area is 129 Å². The Balaban J connectivity index is 1.48. The first-order chi connectivity index (χ1) is 10.3. The minimum absolute atomic E-state index is 1.01. The second kappa shape index (κ2) is 5.23. The molecule has 4 rings (SSSR count). The summed E-state index contributed by atoms with van der Waals surface area (Å²) < 4.78 is 0. The molecule has 3 fully saturated rings. The predicted molar refractivity (Wildman–Crippen MR) is 90.0 cm³/mol. The number of hydrogen-bond acceptors (Lipinski definition) is 2. The summed E-state index contributed by atoms with van der Waals surface area (Å²) in [6, 6.07) is 9.31. The van der Waals surface area contributed by atoms with Gasteiger partial charge in [0.1, 0.15) is 0 Å². The number of anilines is 2. The van der Waals surface area contributed by atoms with Gasteiger partial charge in [-0.3, -0.25) is 0 Å². The van der Waals surface area contributed by atoms with Gasteiger partial charge in [0.15, 0.2) is 0 Å². The SMILES string of the molecule is CCN(CC)c1ccc(N2CC3C4CCC(C4)C3C2)cc1. The summed E-state index contributed by atoms with van der Waals surface area (Å²) in [6.45, 7) is 9.27.